The molecule has 0 aliphatic carbocycles. The van der Waals surface area contributed by atoms with Gasteiger partial charge in [-0.1, -0.05) is 32.1 Å². The maximum Gasteiger partial charge on any atom is 0.0443 e. The molecular formula is C11H25NSi. The summed E-state index contributed by atoms with van der Waals surface area (Å²) in [6.45, 7) is 11.5. The molecule has 0 saturated carbocycles. The van der Waals surface area contributed by atoms with Gasteiger partial charge in [-0.05, 0) is 38.9 Å². The van der Waals surface area contributed by atoms with Crippen molar-refractivity contribution >= 4 is 8.07 Å². The predicted molar refractivity (Wildman–Crippen MR) is 63.1 cm³/mol. The smallest absolute Gasteiger partial charge is 0.0443 e. The average Bonchev–Trinajstić information content (AvgIpc) is 2.04. The first-order chi connectivity index (χ1) is 6.08. The summed E-state index contributed by atoms with van der Waals surface area (Å²) >= 11 is 0. The summed E-state index contributed by atoms with van der Waals surface area (Å²) in [6, 6.07) is 1.50. The molecule has 2 heteroatoms. The highest BCUT2D eigenvalue weighted by Gasteiger charge is 2.14. The SMILES string of the molecule is C[Si](C)(C)CCCN1CCCCC1. The molecule has 1 saturated heterocycles. The van der Waals surface area contributed by atoms with Crippen molar-refractivity contribution in [3.8, 4) is 0 Å². The van der Waals surface area contributed by atoms with Gasteiger partial charge in [0.05, 0.1) is 0 Å². The van der Waals surface area contributed by atoms with E-state index >= 15 is 0 Å². The topological polar surface area (TPSA) is 3.24 Å². The third-order valence-corrected chi connectivity index (χ3v) is 4.70. The van der Waals surface area contributed by atoms with Crippen molar-refractivity contribution in [2.24, 2.45) is 0 Å². The zero-order chi connectivity index (χ0) is 9.73. The van der Waals surface area contributed by atoms with Crippen molar-refractivity contribution in [3.05, 3.63) is 0 Å². The van der Waals surface area contributed by atoms with E-state index in [2.05, 4.69) is 24.5 Å². The molecule has 0 unspecified atom stereocenters. The van der Waals surface area contributed by atoms with Gasteiger partial charge in [0, 0.05) is 8.07 Å². The van der Waals surface area contributed by atoms with Crippen LogP contribution in [0.1, 0.15) is 25.7 Å². The van der Waals surface area contributed by atoms with Crippen LogP contribution >= 0.6 is 0 Å². The number of hydrogen-bond donors (Lipinski definition) is 0. The quantitative estimate of drug-likeness (QED) is 0.629. The van der Waals surface area contributed by atoms with Crippen molar-refractivity contribution in [2.45, 2.75) is 51.4 Å². The molecule has 1 heterocycles. The molecular weight excluding hydrogens is 174 g/mol. The molecule has 1 fully saturated rings. The Morgan fingerprint density at radius 1 is 1.00 bits per heavy atom. The van der Waals surface area contributed by atoms with Crippen molar-refractivity contribution in [1.82, 2.24) is 4.90 Å². The zero-order valence-electron chi connectivity index (χ0n) is 9.60. The van der Waals surface area contributed by atoms with E-state index in [4.69, 9.17) is 0 Å². The average molecular weight is 199 g/mol. The molecule has 0 aromatic rings. The maximum absolute atomic E-state index is 2.66. The van der Waals surface area contributed by atoms with Gasteiger partial charge in [0.25, 0.3) is 0 Å². The second-order valence-electron chi connectivity index (χ2n) is 5.57. The maximum atomic E-state index is 2.66. The molecule has 13 heavy (non-hydrogen) atoms. The highest BCUT2D eigenvalue weighted by atomic mass is 28.3. The van der Waals surface area contributed by atoms with Crippen molar-refractivity contribution in [3.63, 3.8) is 0 Å². The molecule has 1 nitrogen and oxygen atoms in total. The third kappa shape index (κ3) is 5.48. The first kappa shape index (κ1) is 11.3. The minimum Gasteiger partial charge on any atom is -0.303 e. The monoisotopic (exact) mass is 199 g/mol. The first-order valence-electron chi connectivity index (χ1n) is 5.80. The summed E-state index contributed by atoms with van der Waals surface area (Å²) < 4.78 is 0. The molecule has 1 rings (SSSR count). The van der Waals surface area contributed by atoms with E-state index in [0.717, 1.165) is 0 Å². The van der Waals surface area contributed by atoms with Crippen LogP contribution in [0.3, 0.4) is 0 Å². The Bertz CT molecular complexity index is 134. The summed E-state index contributed by atoms with van der Waals surface area (Å²) in [7, 11) is -0.768. The highest BCUT2D eigenvalue weighted by molar-refractivity contribution is 6.76. The second kappa shape index (κ2) is 5.16. The third-order valence-electron chi connectivity index (χ3n) is 2.85. The van der Waals surface area contributed by atoms with Gasteiger partial charge in [0.2, 0.25) is 0 Å². The fraction of sp³-hybridized carbons (Fsp3) is 1.00. The van der Waals surface area contributed by atoms with Gasteiger partial charge in [-0.3, -0.25) is 0 Å². The lowest BCUT2D eigenvalue weighted by molar-refractivity contribution is 0.229. The number of nitrogens with zero attached hydrogens (tertiary/aromatic N) is 1. The van der Waals surface area contributed by atoms with Crippen LogP contribution in [0, 0.1) is 0 Å². The van der Waals surface area contributed by atoms with Gasteiger partial charge in [-0.2, -0.15) is 0 Å². The Balaban J connectivity index is 2.04. The van der Waals surface area contributed by atoms with E-state index in [-0.39, 0.29) is 0 Å². The molecule has 0 spiro atoms. The van der Waals surface area contributed by atoms with Crippen LogP contribution < -0.4 is 0 Å². The molecule has 0 amide bonds. The minimum absolute atomic E-state index is 0.768. The van der Waals surface area contributed by atoms with Gasteiger partial charge in [0.1, 0.15) is 0 Å². The molecule has 0 bridgehead atoms. The van der Waals surface area contributed by atoms with Crippen LogP contribution in [0.25, 0.3) is 0 Å². The van der Waals surface area contributed by atoms with Crippen LogP contribution in [0.2, 0.25) is 25.7 Å². The molecule has 0 N–H and O–H groups in total. The van der Waals surface area contributed by atoms with Crippen molar-refractivity contribution in [1.29, 1.82) is 0 Å². The molecule has 1 aliphatic rings. The van der Waals surface area contributed by atoms with E-state index < -0.39 is 8.07 Å². The van der Waals surface area contributed by atoms with Gasteiger partial charge in [0.15, 0.2) is 0 Å². The lowest BCUT2D eigenvalue weighted by Gasteiger charge is -2.27. The van der Waals surface area contributed by atoms with Crippen molar-refractivity contribution in [2.75, 3.05) is 19.6 Å². The lowest BCUT2D eigenvalue weighted by atomic mass is 10.1. The fourth-order valence-electron chi connectivity index (χ4n) is 2.02. The van der Waals surface area contributed by atoms with E-state index in [1.165, 1.54) is 51.4 Å². The molecule has 1 aliphatic heterocycles. The Hall–Kier alpha value is 0.177. The minimum atomic E-state index is -0.768. The molecule has 0 atom stereocenters. The van der Waals surface area contributed by atoms with Gasteiger partial charge in [-0.25, -0.2) is 0 Å². The van der Waals surface area contributed by atoms with Gasteiger partial charge < -0.3 is 4.90 Å². The van der Waals surface area contributed by atoms with Crippen LogP contribution in [-0.4, -0.2) is 32.6 Å². The lowest BCUT2D eigenvalue weighted by Crippen LogP contribution is -2.31. The summed E-state index contributed by atoms with van der Waals surface area (Å²) in [5.74, 6) is 0. The molecule has 0 aromatic heterocycles. The Kier molecular flexibility index (Phi) is 4.46. The first-order valence-corrected chi connectivity index (χ1v) is 9.51. The standard InChI is InChI=1S/C11H25NSi/c1-13(2,3)11-7-10-12-8-5-4-6-9-12/h4-11H2,1-3H3. The van der Waals surface area contributed by atoms with Crippen molar-refractivity contribution < 1.29 is 0 Å². The van der Waals surface area contributed by atoms with Crippen LogP contribution in [0.5, 0.6) is 0 Å². The Morgan fingerprint density at radius 3 is 2.15 bits per heavy atom. The number of piperidine rings is 1. The van der Waals surface area contributed by atoms with Crippen LogP contribution in [0.4, 0.5) is 0 Å². The number of rotatable bonds is 4. The highest BCUT2D eigenvalue weighted by Crippen LogP contribution is 2.14. The van der Waals surface area contributed by atoms with E-state index in [9.17, 15) is 0 Å². The zero-order valence-corrected chi connectivity index (χ0v) is 10.6. The summed E-state index contributed by atoms with van der Waals surface area (Å²) in [6.07, 6.45) is 5.78. The number of hydrogen-bond acceptors (Lipinski definition) is 1. The summed E-state index contributed by atoms with van der Waals surface area (Å²) in [4.78, 5) is 2.66. The van der Waals surface area contributed by atoms with E-state index in [1.54, 1.807) is 0 Å². The second-order valence-corrected chi connectivity index (χ2v) is 11.2. The molecule has 0 radical (unpaired) electrons. The van der Waals surface area contributed by atoms with Gasteiger partial charge in [-0.15, -0.1) is 0 Å². The Morgan fingerprint density at radius 2 is 1.62 bits per heavy atom. The Labute approximate surface area is 84.5 Å². The largest absolute Gasteiger partial charge is 0.303 e. The summed E-state index contributed by atoms with van der Waals surface area (Å²) in [5.41, 5.74) is 0. The van der Waals surface area contributed by atoms with Gasteiger partial charge >= 0.3 is 0 Å². The van der Waals surface area contributed by atoms with Crippen LogP contribution in [0.15, 0.2) is 0 Å². The summed E-state index contributed by atoms with van der Waals surface area (Å²) in [5, 5.41) is 0. The van der Waals surface area contributed by atoms with E-state index in [0.29, 0.717) is 0 Å². The normalized spacial score (nSPS) is 20.5. The molecule has 0 aromatic carbocycles. The fourth-order valence-corrected chi connectivity index (χ4v) is 3.23. The van der Waals surface area contributed by atoms with Crippen LogP contribution in [-0.2, 0) is 0 Å². The molecule has 78 valence electrons. The predicted octanol–water partition coefficient (Wildman–Crippen LogP) is 3.20. The van der Waals surface area contributed by atoms with E-state index in [1.807, 2.05) is 0 Å². The number of likely N-dealkylation sites (tertiary alicyclic amines) is 1.